The second kappa shape index (κ2) is 8.18. The maximum Gasteiger partial charge on any atom is 0.263 e. The quantitative estimate of drug-likeness (QED) is 0.522. The summed E-state index contributed by atoms with van der Waals surface area (Å²) in [5, 5.41) is 11.6. The highest BCUT2D eigenvalue weighted by Gasteiger charge is 2.14. The molecule has 0 bridgehead atoms. The summed E-state index contributed by atoms with van der Waals surface area (Å²) in [7, 11) is -3.62. The number of aryl methyl sites for hydroxylation is 1. The minimum atomic E-state index is -3.62. The molecule has 5 nitrogen and oxygen atoms in total. The molecule has 7 heteroatoms. The minimum absolute atomic E-state index is 0.0922. The van der Waals surface area contributed by atoms with Gasteiger partial charge in [0, 0.05) is 13.2 Å². The highest BCUT2D eigenvalue weighted by atomic mass is 32.2. The summed E-state index contributed by atoms with van der Waals surface area (Å²) in [4.78, 5) is 0.188. The van der Waals surface area contributed by atoms with Gasteiger partial charge in [-0.15, -0.1) is 0 Å². The predicted octanol–water partition coefficient (Wildman–Crippen LogP) is 1.31. The van der Waals surface area contributed by atoms with Crippen LogP contribution in [-0.4, -0.2) is 31.8 Å². The molecule has 0 heterocycles. The third-order valence-electron chi connectivity index (χ3n) is 2.68. The molecule has 0 fully saturated rings. The van der Waals surface area contributed by atoms with Gasteiger partial charge in [0.1, 0.15) is 0 Å². The van der Waals surface area contributed by atoms with Crippen molar-refractivity contribution in [2.75, 3.05) is 13.2 Å². The zero-order valence-electron chi connectivity index (χ0n) is 11.4. The van der Waals surface area contributed by atoms with Gasteiger partial charge in [-0.05, 0) is 50.5 Å². The van der Waals surface area contributed by atoms with Crippen LogP contribution in [0.4, 0.5) is 0 Å². The summed E-state index contributed by atoms with van der Waals surface area (Å²) in [5.41, 5.74) is 0.994. The lowest BCUT2D eigenvalue weighted by Gasteiger charge is -2.11. The summed E-state index contributed by atoms with van der Waals surface area (Å²) in [5.74, 6) is 0. The Morgan fingerprint density at radius 1 is 1.20 bits per heavy atom. The lowest BCUT2D eigenvalue weighted by Crippen LogP contribution is -2.39. The van der Waals surface area contributed by atoms with Gasteiger partial charge in [0.15, 0.2) is 5.11 Å². The van der Waals surface area contributed by atoms with Crippen LogP contribution in [0.2, 0.25) is 0 Å². The van der Waals surface area contributed by atoms with Gasteiger partial charge in [0.05, 0.1) is 4.90 Å². The third kappa shape index (κ3) is 5.85. The summed E-state index contributed by atoms with van der Waals surface area (Å²) < 4.78 is 26.4. The number of unbranched alkanes of at least 4 members (excludes halogenated alkanes) is 2. The second-order valence-electron chi connectivity index (χ2n) is 4.46. The van der Waals surface area contributed by atoms with Crippen molar-refractivity contribution in [2.24, 2.45) is 0 Å². The molecule has 0 unspecified atom stereocenters. The van der Waals surface area contributed by atoms with Crippen molar-refractivity contribution in [3.63, 3.8) is 0 Å². The first-order valence-electron chi connectivity index (χ1n) is 6.44. The molecule has 0 saturated heterocycles. The molecule has 0 atom stereocenters. The summed E-state index contributed by atoms with van der Waals surface area (Å²) in [6.45, 7) is 2.64. The normalized spacial score (nSPS) is 11.1. The summed E-state index contributed by atoms with van der Waals surface area (Å²) in [6, 6.07) is 6.56. The molecule has 112 valence electrons. The van der Waals surface area contributed by atoms with Gasteiger partial charge in [-0.25, -0.2) is 8.42 Å². The van der Waals surface area contributed by atoms with E-state index in [1.807, 2.05) is 6.92 Å². The topological polar surface area (TPSA) is 78.4 Å². The number of nitrogens with one attached hydrogen (secondary N) is 2. The van der Waals surface area contributed by atoms with Crippen LogP contribution in [0.3, 0.4) is 0 Å². The number of aliphatic hydroxyl groups is 1. The zero-order valence-corrected chi connectivity index (χ0v) is 13.1. The van der Waals surface area contributed by atoms with E-state index < -0.39 is 10.0 Å². The first kappa shape index (κ1) is 16.9. The number of sulfonamides is 1. The average molecular weight is 316 g/mol. The van der Waals surface area contributed by atoms with Gasteiger partial charge in [0.2, 0.25) is 0 Å². The van der Waals surface area contributed by atoms with Crippen LogP contribution < -0.4 is 10.0 Å². The molecule has 0 amide bonds. The largest absolute Gasteiger partial charge is 0.396 e. The van der Waals surface area contributed by atoms with Gasteiger partial charge >= 0.3 is 0 Å². The molecule has 0 aromatic heterocycles. The van der Waals surface area contributed by atoms with Crippen molar-refractivity contribution in [3.05, 3.63) is 29.8 Å². The second-order valence-corrected chi connectivity index (χ2v) is 6.55. The fourth-order valence-electron chi connectivity index (χ4n) is 1.55. The Bertz CT molecular complexity index is 527. The van der Waals surface area contributed by atoms with Crippen molar-refractivity contribution in [3.8, 4) is 0 Å². The monoisotopic (exact) mass is 316 g/mol. The van der Waals surface area contributed by atoms with Crippen molar-refractivity contribution in [2.45, 2.75) is 31.1 Å². The Hall–Kier alpha value is -1.18. The number of thiocarbonyl (C=S) groups is 1. The van der Waals surface area contributed by atoms with Gasteiger partial charge in [-0.2, -0.15) is 0 Å². The highest BCUT2D eigenvalue weighted by Crippen LogP contribution is 2.09. The SMILES string of the molecule is Cc1ccc(S(=O)(=O)NC(=S)NCCCCCO)cc1. The van der Waals surface area contributed by atoms with E-state index in [0.29, 0.717) is 6.54 Å². The molecule has 1 aromatic carbocycles. The Morgan fingerprint density at radius 3 is 2.45 bits per heavy atom. The number of hydrogen-bond donors (Lipinski definition) is 3. The average Bonchev–Trinajstić information content (AvgIpc) is 2.38. The van der Waals surface area contributed by atoms with Gasteiger partial charge in [-0.1, -0.05) is 17.7 Å². The van der Waals surface area contributed by atoms with Crippen molar-refractivity contribution in [1.82, 2.24) is 10.0 Å². The molecule has 0 radical (unpaired) electrons. The Morgan fingerprint density at radius 2 is 1.85 bits per heavy atom. The van der Waals surface area contributed by atoms with E-state index in [2.05, 4.69) is 10.0 Å². The molecular weight excluding hydrogens is 296 g/mol. The lowest BCUT2D eigenvalue weighted by atomic mass is 10.2. The Labute approximate surface area is 125 Å². The van der Waals surface area contributed by atoms with E-state index in [-0.39, 0.29) is 16.6 Å². The number of rotatable bonds is 7. The van der Waals surface area contributed by atoms with Crippen LogP contribution >= 0.6 is 12.2 Å². The van der Waals surface area contributed by atoms with E-state index in [1.165, 1.54) is 0 Å². The van der Waals surface area contributed by atoms with E-state index in [1.54, 1.807) is 24.3 Å². The summed E-state index contributed by atoms with van der Waals surface area (Å²) >= 11 is 4.96. The number of aliphatic hydroxyl groups excluding tert-OH is 1. The predicted molar refractivity (Wildman–Crippen MR) is 83.0 cm³/mol. The fourth-order valence-corrected chi connectivity index (χ4v) is 2.91. The standard InChI is InChI=1S/C13H20N2O3S2/c1-11-5-7-12(8-6-11)20(17,18)15-13(19)14-9-3-2-4-10-16/h5-8,16H,2-4,9-10H2,1H3,(H2,14,15,19). The number of benzene rings is 1. The van der Waals surface area contributed by atoms with Crippen molar-refractivity contribution < 1.29 is 13.5 Å². The molecule has 0 spiro atoms. The Balaban J connectivity index is 2.46. The molecule has 0 aliphatic carbocycles. The van der Waals surface area contributed by atoms with Crippen LogP contribution in [0.15, 0.2) is 29.2 Å². The van der Waals surface area contributed by atoms with Crippen molar-refractivity contribution >= 4 is 27.4 Å². The van der Waals surface area contributed by atoms with Gasteiger partial charge < -0.3 is 10.4 Å². The van der Waals surface area contributed by atoms with E-state index >= 15 is 0 Å². The van der Waals surface area contributed by atoms with Gasteiger partial charge in [0.25, 0.3) is 10.0 Å². The van der Waals surface area contributed by atoms with Crippen molar-refractivity contribution in [1.29, 1.82) is 0 Å². The summed E-state index contributed by atoms with van der Waals surface area (Å²) in [6.07, 6.45) is 2.44. The highest BCUT2D eigenvalue weighted by molar-refractivity contribution is 7.91. The maximum atomic E-state index is 12.0. The van der Waals surface area contributed by atoms with Gasteiger partial charge in [-0.3, -0.25) is 4.72 Å². The first-order chi connectivity index (χ1) is 9.45. The first-order valence-corrected chi connectivity index (χ1v) is 8.33. The fraction of sp³-hybridized carbons (Fsp3) is 0.462. The van der Waals surface area contributed by atoms with Crippen LogP contribution in [-0.2, 0) is 10.0 Å². The van der Waals surface area contributed by atoms with E-state index in [0.717, 1.165) is 24.8 Å². The molecule has 0 aliphatic heterocycles. The molecule has 0 saturated carbocycles. The van der Waals surface area contributed by atoms with E-state index in [9.17, 15) is 8.42 Å². The molecule has 3 N–H and O–H groups in total. The molecule has 1 aromatic rings. The number of hydrogen-bond acceptors (Lipinski definition) is 4. The smallest absolute Gasteiger partial charge is 0.263 e. The third-order valence-corrected chi connectivity index (χ3v) is 4.42. The Kier molecular flexibility index (Phi) is 6.90. The zero-order chi connectivity index (χ0) is 15.0. The van der Waals surface area contributed by atoms with Crippen LogP contribution in [0.1, 0.15) is 24.8 Å². The molecule has 1 rings (SSSR count). The molecular formula is C13H20N2O3S2. The van der Waals surface area contributed by atoms with Crippen LogP contribution in [0, 0.1) is 6.92 Å². The molecule has 0 aliphatic rings. The minimum Gasteiger partial charge on any atom is -0.396 e. The van der Waals surface area contributed by atoms with E-state index in [4.69, 9.17) is 17.3 Å². The van der Waals surface area contributed by atoms with Crippen LogP contribution in [0.5, 0.6) is 0 Å². The maximum absolute atomic E-state index is 12.0. The van der Waals surface area contributed by atoms with Crippen LogP contribution in [0.25, 0.3) is 0 Å². The molecule has 20 heavy (non-hydrogen) atoms. The lowest BCUT2D eigenvalue weighted by molar-refractivity contribution is 0.283.